The lowest BCUT2D eigenvalue weighted by Crippen LogP contribution is -2.42. The molecule has 1 N–H and O–H groups in total. The third-order valence-electron chi connectivity index (χ3n) is 4.52. The lowest BCUT2D eigenvalue weighted by molar-refractivity contribution is -0.384. The number of benzene rings is 2. The highest BCUT2D eigenvalue weighted by molar-refractivity contribution is 7.91. The highest BCUT2D eigenvalue weighted by atomic mass is 32.2. The van der Waals surface area contributed by atoms with Crippen LogP contribution in [0, 0.1) is 10.1 Å². The summed E-state index contributed by atoms with van der Waals surface area (Å²) < 4.78 is 23.8. The molecule has 0 saturated carbocycles. The number of non-ortho nitro benzene ring substituents is 1. The minimum Gasteiger partial charge on any atom is -0.390 e. The Labute approximate surface area is 152 Å². The van der Waals surface area contributed by atoms with Crippen molar-refractivity contribution in [1.82, 2.24) is 4.90 Å². The van der Waals surface area contributed by atoms with E-state index in [0.717, 1.165) is 11.1 Å². The first-order valence-corrected chi connectivity index (χ1v) is 10.1. The third-order valence-corrected chi connectivity index (χ3v) is 6.22. The number of nitro benzene ring substituents is 1. The Hall–Kier alpha value is -2.29. The molecule has 0 bridgehead atoms. The number of aliphatic hydroxyl groups is 1. The van der Waals surface area contributed by atoms with Crippen LogP contribution in [0.5, 0.6) is 0 Å². The van der Waals surface area contributed by atoms with Gasteiger partial charge in [-0.25, -0.2) is 8.42 Å². The Morgan fingerprint density at radius 1 is 1.00 bits per heavy atom. The molecular weight excluding hydrogens is 356 g/mol. The average Bonchev–Trinajstić information content (AvgIpc) is 2.88. The quantitative estimate of drug-likeness (QED) is 0.609. The van der Waals surface area contributed by atoms with Gasteiger partial charge in [-0.05, 0) is 11.1 Å². The first-order valence-electron chi connectivity index (χ1n) is 8.24. The van der Waals surface area contributed by atoms with Crippen LogP contribution in [0.2, 0.25) is 0 Å². The molecular formula is C18H20N2O5S. The van der Waals surface area contributed by atoms with Crippen molar-refractivity contribution in [2.75, 3.05) is 11.5 Å². The molecule has 26 heavy (non-hydrogen) atoms. The van der Waals surface area contributed by atoms with E-state index in [9.17, 15) is 23.6 Å². The highest BCUT2D eigenvalue weighted by Crippen LogP contribution is 2.23. The summed E-state index contributed by atoms with van der Waals surface area (Å²) in [5.74, 6) is -0.322. The van der Waals surface area contributed by atoms with Crippen LogP contribution >= 0.6 is 0 Å². The molecule has 3 rings (SSSR count). The van der Waals surface area contributed by atoms with Gasteiger partial charge in [-0.3, -0.25) is 15.0 Å². The summed E-state index contributed by atoms with van der Waals surface area (Å²) in [7, 11) is -3.27. The number of aliphatic hydroxyl groups excluding tert-OH is 1. The van der Waals surface area contributed by atoms with E-state index in [-0.39, 0.29) is 17.2 Å². The van der Waals surface area contributed by atoms with Gasteiger partial charge in [0, 0.05) is 25.2 Å². The minimum atomic E-state index is -3.27. The maximum Gasteiger partial charge on any atom is 0.269 e. The number of nitro groups is 1. The van der Waals surface area contributed by atoms with Crippen molar-refractivity contribution in [2.24, 2.45) is 0 Å². The summed E-state index contributed by atoms with van der Waals surface area (Å²) in [6, 6.07) is 15.3. The maximum absolute atomic E-state index is 11.9. The zero-order valence-corrected chi connectivity index (χ0v) is 14.9. The predicted molar refractivity (Wildman–Crippen MR) is 97.2 cm³/mol. The van der Waals surface area contributed by atoms with Crippen molar-refractivity contribution in [1.29, 1.82) is 0 Å². The number of rotatable bonds is 6. The van der Waals surface area contributed by atoms with Gasteiger partial charge < -0.3 is 5.11 Å². The summed E-state index contributed by atoms with van der Waals surface area (Å²) >= 11 is 0. The smallest absolute Gasteiger partial charge is 0.269 e. The van der Waals surface area contributed by atoms with Crippen molar-refractivity contribution in [3.63, 3.8) is 0 Å². The van der Waals surface area contributed by atoms with Gasteiger partial charge in [0.2, 0.25) is 0 Å². The molecule has 0 amide bonds. The van der Waals surface area contributed by atoms with Crippen molar-refractivity contribution in [3.8, 4) is 0 Å². The summed E-state index contributed by atoms with van der Waals surface area (Å²) in [6.07, 6.45) is -0.943. The van der Waals surface area contributed by atoms with Gasteiger partial charge in [0.25, 0.3) is 5.69 Å². The molecule has 2 aromatic rings. The molecule has 1 aliphatic heterocycles. The summed E-state index contributed by atoms with van der Waals surface area (Å²) in [6.45, 7) is 0.874. The largest absolute Gasteiger partial charge is 0.390 e. The van der Waals surface area contributed by atoms with E-state index in [1.165, 1.54) is 12.1 Å². The number of hydrogen-bond donors (Lipinski definition) is 1. The van der Waals surface area contributed by atoms with E-state index in [2.05, 4.69) is 0 Å². The van der Waals surface area contributed by atoms with Crippen molar-refractivity contribution in [2.45, 2.75) is 25.2 Å². The molecule has 0 unspecified atom stereocenters. The van der Waals surface area contributed by atoms with Crippen LogP contribution in [0.3, 0.4) is 0 Å². The summed E-state index contributed by atoms with van der Waals surface area (Å²) in [5, 5.41) is 21.1. The van der Waals surface area contributed by atoms with E-state index < -0.39 is 26.9 Å². The molecule has 2 aromatic carbocycles. The average molecular weight is 376 g/mol. The zero-order valence-electron chi connectivity index (χ0n) is 14.1. The predicted octanol–water partition coefficient (Wildman–Crippen LogP) is 1.75. The van der Waals surface area contributed by atoms with Gasteiger partial charge in [-0.2, -0.15) is 0 Å². The molecule has 1 aliphatic rings. The lowest BCUT2D eigenvalue weighted by Gasteiger charge is -2.30. The molecule has 2 atom stereocenters. The highest BCUT2D eigenvalue weighted by Gasteiger charge is 2.39. The first-order chi connectivity index (χ1) is 12.3. The molecule has 7 nitrogen and oxygen atoms in total. The van der Waals surface area contributed by atoms with Crippen LogP contribution in [0.4, 0.5) is 5.69 Å². The Balaban J connectivity index is 1.84. The second-order valence-electron chi connectivity index (χ2n) is 6.53. The molecule has 1 heterocycles. The fourth-order valence-corrected chi connectivity index (χ4v) is 5.06. The van der Waals surface area contributed by atoms with Crippen LogP contribution in [0.1, 0.15) is 11.1 Å². The van der Waals surface area contributed by atoms with Crippen LogP contribution in [0.25, 0.3) is 0 Å². The van der Waals surface area contributed by atoms with E-state index in [1.807, 2.05) is 35.2 Å². The second-order valence-corrected chi connectivity index (χ2v) is 8.68. The number of sulfone groups is 1. The van der Waals surface area contributed by atoms with E-state index >= 15 is 0 Å². The maximum atomic E-state index is 11.9. The standard InChI is InChI=1S/C18H20N2O5S/c21-18-13-26(24,25)12-17(18)19(10-14-4-2-1-3-5-14)11-15-6-8-16(9-7-15)20(22)23/h1-9,17-18,21H,10-13H2/t17-,18-/m0/s1. The fraction of sp³-hybridized carbons (Fsp3) is 0.333. The van der Waals surface area contributed by atoms with Gasteiger partial charge in [0.15, 0.2) is 9.84 Å². The van der Waals surface area contributed by atoms with Crippen LogP contribution in [0.15, 0.2) is 54.6 Å². The third kappa shape index (κ3) is 4.46. The van der Waals surface area contributed by atoms with Gasteiger partial charge >= 0.3 is 0 Å². The van der Waals surface area contributed by atoms with Crippen molar-refractivity contribution < 1.29 is 18.4 Å². The van der Waals surface area contributed by atoms with Gasteiger partial charge in [0.05, 0.1) is 28.6 Å². The molecule has 1 fully saturated rings. The fourth-order valence-electron chi connectivity index (χ4n) is 3.23. The molecule has 1 saturated heterocycles. The molecule has 0 aliphatic carbocycles. The number of hydrogen-bond acceptors (Lipinski definition) is 6. The number of nitrogens with zero attached hydrogens (tertiary/aromatic N) is 2. The molecule has 8 heteroatoms. The Bertz CT molecular complexity index is 868. The van der Waals surface area contributed by atoms with Crippen LogP contribution < -0.4 is 0 Å². The first kappa shape index (κ1) is 18.5. The normalized spacial score (nSPS) is 21.8. The topological polar surface area (TPSA) is 101 Å². The second kappa shape index (κ2) is 7.53. The minimum absolute atomic E-state index is 0.00633. The van der Waals surface area contributed by atoms with E-state index in [1.54, 1.807) is 12.1 Å². The Morgan fingerprint density at radius 3 is 2.08 bits per heavy atom. The lowest BCUT2D eigenvalue weighted by atomic mass is 10.1. The Kier molecular flexibility index (Phi) is 5.36. The van der Waals surface area contributed by atoms with Gasteiger partial charge in [0.1, 0.15) is 0 Å². The van der Waals surface area contributed by atoms with Gasteiger partial charge in [-0.15, -0.1) is 0 Å². The zero-order chi connectivity index (χ0) is 18.7. The Morgan fingerprint density at radius 2 is 1.58 bits per heavy atom. The van der Waals surface area contributed by atoms with Crippen LogP contribution in [-0.4, -0.2) is 47.0 Å². The molecule has 0 radical (unpaired) electrons. The molecule has 138 valence electrons. The molecule has 0 spiro atoms. The summed E-state index contributed by atoms with van der Waals surface area (Å²) in [4.78, 5) is 12.3. The SMILES string of the molecule is O=[N+]([O-])c1ccc(CN(Cc2ccccc2)[C@H]2CS(=O)(=O)C[C@@H]2O)cc1. The van der Waals surface area contributed by atoms with E-state index in [4.69, 9.17) is 0 Å². The monoisotopic (exact) mass is 376 g/mol. The van der Waals surface area contributed by atoms with Crippen molar-refractivity contribution in [3.05, 3.63) is 75.8 Å². The molecule has 0 aromatic heterocycles. The van der Waals surface area contributed by atoms with Crippen molar-refractivity contribution >= 4 is 15.5 Å². The van der Waals surface area contributed by atoms with Gasteiger partial charge in [-0.1, -0.05) is 42.5 Å². The van der Waals surface area contributed by atoms with E-state index in [0.29, 0.717) is 13.1 Å². The van der Waals surface area contributed by atoms with Crippen LogP contribution in [-0.2, 0) is 22.9 Å². The summed E-state index contributed by atoms with van der Waals surface area (Å²) in [5.41, 5.74) is 1.83.